The van der Waals surface area contributed by atoms with Crippen LogP contribution >= 0.6 is 0 Å². The number of anilines is 1. The topological polar surface area (TPSA) is 46.3 Å². The molecule has 0 radical (unpaired) electrons. The molecule has 0 saturated heterocycles. The van der Waals surface area contributed by atoms with Crippen LogP contribution in [-0.2, 0) is 0 Å². The summed E-state index contributed by atoms with van der Waals surface area (Å²) in [5.41, 5.74) is 3.51. The Morgan fingerprint density at radius 1 is 1.05 bits per heavy atom. The number of para-hydroxylation sites is 1. The Kier molecular flexibility index (Phi) is 2.39. The van der Waals surface area contributed by atoms with Crippen LogP contribution in [0.4, 0.5) is 5.82 Å². The number of rotatable bonds is 1. The fourth-order valence-electron chi connectivity index (χ4n) is 2.64. The average Bonchev–Trinajstić information content (AvgIpc) is 2.81. The maximum absolute atomic E-state index is 4.65. The number of pyridine rings is 1. The summed E-state index contributed by atoms with van der Waals surface area (Å²) in [6.45, 7) is 2.00. The number of nitrogens with zero attached hydrogens (tertiary/aromatic N) is 5. The van der Waals surface area contributed by atoms with E-state index in [1.165, 1.54) is 0 Å². The fourth-order valence-corrected chi connectivity index (χ4v) is 2.64. The normalized spacial score (nSPS) is 11.6. The lowest BCUT2D eigenvalue weighted by molar-refractivity contribution is 0.896. The van der Waals surface area contributed by atoms with Gasteiger partial charge in [-0.2, -0.15) is 4.52 Å². The maximum Gasteiger partial charge on any atom is 0.184 e. The van der Waals surface area contributed by atoms with Crippen molar-refractivity contribution in [1.29, 1.82) is 0 Å². The van der Waals surface area contributed by atoms with Crippen molar-refractivity contribution >= 4 is 33.4 Å². The quantitative estimate of drug-likeness (QED) is 0.537. The van der Waals surface area contributed by atoms with E-state index >= 15 is 0 Å². The predicted molar refractivity (Wildman–Crippen MR) is 84.9 cm³/mol. The first-order chi connectivity index (χ1) is 10.1. The van der Waals surface area contributed by atoms with Crippen molar-refractivity contribution < 1.29 is 0 Å². The van der Waals surface area contributed by atoms with Crippen molar-refractivity contribution in [3.63, 3.8) is 0 Å². The van der Waals surface area contributed by atoms with E-state index in [-0.39, 0.29) is 0 Å². The molecule has 5 heteroatoms. The molecule has 5 nitrogen and oxygen atoms in total. The van der Waals surface area contributed by atoms with Crippen molar-refractivity contribution in [3.8, 4) is 0 Å². The van der Waals surface area contributed by atoms with Gasteiger partial charge in [0.1, 0.15) is 5.82 Å². The second kappa shape index (κ2) is 4.15. The zero-order chi connectivity index (χ0) is 14.6. The summed E-state index contributed by atoms with van der Waals surface area (Å²) < 4.78 is 1.86. The lowest BCUT2D eigenvalue weighted by Gasteiger charge is -2.14. The summed E-state index contributed by atoms with van der Waals surface area (Å²) in [7, 11) is 4.01. The van der Waals surface area contributed by atoms with Crippen molar-refractivity contribution in [3.05, 3.63) is 42.1 Å². The van der Waals surface area contributed by atoms with Gasteiger partial charge in [-0.25, -0.2) is 9.97 Å². The van der Waals surface area contributed by atoms with Gasteiger partial charge in [0.15, 0.2) is 11.3 Å². The van der Waals surface area contributed by atoms with Gasteiger partial charge in [-0.05, 0) is 19.1 Å². The third-order valence-electron chi connectivity index (χ3n) is 3.64. The van der Waals surface area contributed by atoms with Gasteiger partial charge in [-0.15, -0.1) is 5.10 Å². The lowest BCUT2D eigenvalue weighted by Crippen LogP contribution is -2.14. The van der Waals surface area contributed by atoms with Crippen LogP contribution in [0.15, 0.2) is 36.4 Å². The van der Waals surface area contributed by atoms with E-state index in [1.807, 2.05) is 54.7 Å². The van der Waals surface area contributed by atoms with Gasteiger partial charge in [-0.3, -0.25) is 0 Å². The number of aryl methyl sites for hydroxylation is 1. The summed E-state index contributed by atoms with van der Waals surface area (Å²) in [6.07, 6.45) is 0. The van der Waals surface area contributed by atoms with Crippen LogP contribution in [0.1, 0.15) is 5.69 Å². The van der Waals surface area contributed by atoms with Crippen molar-refractivity contribution in [1.82, 2.24) is 19.6 Å². The van der Waals surface area contributed by atoms with Gasteiger partial charge < -0.3 is 4.90 Å². The van der Waals surface area contributed by atoms with E-state index in [0.29, 0.717) is 0 Å². The Hall–Kier alpha value is -2.69. The summed E-state index contributed by atoms with van der Waals surface area (Å²) in [5, 5.41) is 6.72. The molecule has 0 aliphatic carbocycles. The third-order valence-corrected chi connectivity index (χ3v) is 3.64. The second-order valence-electron chi connectivity index (χ2n) is 5.44. The summed E-state index contributed by atoms with van der Waals surface area (Å²) in [5.74, 6) is 1.000. The molecule has 4 rings (SSSR count). The molecule has 3 aromatic heterocycles. The van der Waals surface area contributed by atoms with Crippen LogP contribution in [-0.4, -0.2) is 33.7 Å². The summed E-state index contributed by atoms with van der Waals surface area (Å²) in [6, 6.07) is 12.2. The monoisotopic (exact) mass is 277 g/mol. The highest BCUT2D eigenvalue weighted by Gasteiger charge is 2.13. The molecular formula is C16H15N5. The molecule has 0 N–H and O–H groups in total. The average molecular weight is 277 g/mol. The Morgan fingerprint density at radius 3 is 2.67 bits per heavy atom. The molecule has 0 fully saturated rings. The minimum Gasteiger partial charge on any atom is -0.363 e. The highest BCUT2D eigenvalue weighted by atomic mass is 15.3. The molecule has 0 aliphatic rings. The highest BCUT2D eigenvalue weighted by Crippen LogP contribution is 2.25. The number of benzene rings is 1. The van der Waals surface area contributed by atoms with Crippen molar-refractivity contribution in [2.45, 2.75) is 6.92 Å². The highest BCUT2D eigenvalue weighted by molar-refractivity contribution is 5.98. The number of fused-ring (bicyclic) bond motifs is 4. The van der Waals surface area contributed by atoms with E-state index < -0.39 is 0 Å². The third kappa shape index (κ3) is 1.74. The molecule has 21 heavy (non-hydrogen) atoms. The molecule has 3 heterocycles. The van der Waals surface area contributed by atoms with Gasteiger partial charge in [-0.1, -0.05) is 18.2 Å². The maximum atomic E-state index is 4.65. The van der Waals surface area contributed by atoms with Gasteiger partial charge in [0.05, 0.1) is 10.9 Å². The first-order valence-corrected chi connectivity index (χ1v) is 6.87. The molecule has 0 atom stereocenters. The van der Waals surface area contributed by atoms with E-state index in [1.54, 1.807) is 0 Å². The Labute approximate surface area is 121 Å². The molecule has 0 unspecified atom stereocenters. The van der Waals surface area contributed by atoms with E-state index in [2.05, 4.69) is 27.2 Å². The molecule has 1 aromatic carbocycles. The zero-order valence-electron chi connectivity index (χ0n) is 12.2. The van der Waals surface area contributed by atoms with Crippen LogP contribution < -0.4 is 4.90 Å². The predicted octanol–water partition coefficient (Wildman–Crippen LogP) is 2.81. The zero-order valence-corrected chi connectivity index (χ0v) is 12.2. The lowest BCUT2D eigenvalue weighted by atomic mass is 10.2. The van der Waals surface area contributed by atoms with Crippen LogP contribution in [0.5, 0.6) is 0 Å². The standard InChI is InChI=1S/C16H15N5/c1-10-8-14(20(2)3)21-16(17-10)12-9-11-6-4-5-7-13(11)18-15(12)19-21/h4-9H,1-3H3. The number of hydrogen-bond donors (Lipinski definition) is 0. The molecule has 0 amide bonds. The van der Waals surface area contributed by atoms with E-state index in [0.717, 1.165) is 39.1 Å². The molecule has 104 valence electrons. The summed E-state index contributed by atoms with van der Waals surface area (Å²) in [4.78, 5) is 11.3. The number of aromatic nitrogens is 4. The Balaban J connectivity index is 2.20. The van der Waals surface area contributed by atoms with Crippen molar-refractivity contribution in [2.24, 2.45) is 0 Å². The molecule has 0 spiro atoms. The molecular weight excluding hydrogens is 262 g/mol. The van der Waals surface area contributed by atoms with Crippen LogP contribution in [0.3, 0.4) is 0 Å². The number of hydrogen-bond acceptors (Lipinski definition) is 4. The molecule has 0 saturated carbocycles. The van der Waals surface area contributed by atoms with Gasteiger partial charge in [0.25, 0.3) is 0 Å². The molecule has 0 bridgehead atoms. The van der Waals surface area contributed by atoms with E-state index in [9.17, 15) is 0 Å². The first kappa shape index (κ1) is 12.1. The van der Waals surface area contributed by atoms with Crippen molar-refractivity contribution in [2.75, 3.05) is 19.0 Å². The molecule has 0 aliphatic heterocycles. The van der Waals surface area contributed by atoms with Crippen LogP contribution in [0.2, 0.25) is 0 Å². The largest absolute Gasteiger partial charge is 0.363 e. The van der Waals surface area contributed by atoms with Crippen LogP contribution in [0, 0.1) is 6.92 Å². The van der Waals surface area contributed by atoms with Gasteiger partial charge in [0, 0.05) is 31.2 Å². The van der Waals surface area contributed by atoms with Gasteiger partial charge in [0.2, 0.25) is 0 Å². The molecule has 4 aromatic rings. The fraction of sp³-hybridized carbons (Fsp3) is 0.188. The summed E-state index contributed by atoms with van der Waals surface area (Å²) >= 11 is 0. The smallest absolute Gasteiger partial charge is 0.184 e. The Morgan fingerprint density at radius 2 is 1.86 bits per heavy atom. The second-order valence-corrected chi connectivity index (χ2v) is 5.44. The van der Waals surface area contributed by atoms with Gasteiger partial charge >= 0.3 is 0 Å². The SMILES string of the molecule is Cc1cc(N(C)C)n2nc3nc4ccccc4cc3c2n1. The van der Waals surface area contributed by atoms with Crippen LogP contribution in [0.25, 0.3) is 27.6 Å². The van der Waals surface area contributed by atoms with E-state index in [4.69, 9.17) is 0 Å². The first-order valence-electron chi connectivity index (χ1n) is 6.87. The minimum absolute atomic E-state index is 0.731. The minimum atomic E-state index is 0.731. The Bertz CT molecular complexity index is 984.